The highest BCUT2D eigenvalue weighted by Gasteiger charge is 2.43. The summed E-state index contributed by atoms with van der Waals surface area (Å²) in [6.07, 6.45) is 0.742. The van der Waals surface area contributed by atoms with Gasteiger partial charge in [-0.05, 0) is 13.3 Å². The van der Waals surface area contributed by atoms with Crippen LogP contribution in [-0.2, 0) is 14.3 Å². The summed E-state index contributed by atoms with van der Waals surface area (Å²) in [5.74, 6) is 0.938. The third-order valence-corrected chi connectivity index (χ3v) is 2.80. The van der Waals surface area contributed by atoms with E-state index in [0.29, 0.717) is 6.79 Å². The van der Waals surface area contributed by atoms with Crippen molar-refractivity contribution in [3.05, 3.63) is 11.3 Å². The van der Waals surface area contributed by atoms with Crippen molar-refractivity contribution in [2.75, 3.05) is 6.79 Å². The fourth-order valence-electron chi connectivity index (χ4n) is 2.03. The van der Waals surface area contributed by atoms with Crippen molar-refractivity contribution in [2.45, 2.75) is 33.3 Å². The van der Waals surface area contributed by atoms with Gasteiger partial charge < -0.3 is 9.47 Å². The summed E-state index contributed by atoms with van der Waals surface area (Å²) in [6, 6.07) is 0. The molecule has 0 spiro atoms. The molecule has 13 heavy (non-hydrogen) atoms. The monoisotopic (exact) mass is 182 g/mol. The lowest BCUT2D eigenvalue weighted by Gasteiger charge is -2.30. The molecule has 0 N–H and O–H groups in total. The van der Waals surface area contributed by atoms with E-state index in [1.807, 2.05) is 20.8 Å². The molecule has 0 aromatic rings. The summed E-state index contributed by atoms with van der Waals surface area (Å²) in [5.41, 5.74) is 0.435. The number of allylic oxidation sites excluding steroid dienone is 1. The maximum absolute atomic E-state index is 11.8. The number of fused-ring (bicyclic) bond motifs is 1. The Morgan fingerprint density at radius 1 is 1.46 bits per heavy atom. The zero-order chi connectivity index (χ0) is 9.64. The van der Waals surface area contributed by atoms with Crippen molar-refractivity contribution in [1.29, 1.82) is 0 Å². The second kappa shape index (κ2) is 2.58. The van der Waals surface area contributed by atoms with Gasteiger partial charge in [-0.15, -0.1) is 0 Å². The molecule has 0 unspecified atom stereocenters. The number of hydrogen-bond donors (Lipinski definition) is 0. The summed E-state index contributed by atoms with van der Waals surface area (Å²) in [7, 11) is 0. The van der Waals surface area contributed by atoms with Gasteiger partial charge in [-0.1, -0.05) is 13.8 Å². The van der Waals surface area contributed by atoms with Crippen LogP contribution < -0.4 is 0 Å². The van der Waals surface area contributed by atoms with Gasteiger partial charge in [0.05, 0.1) is 0 Å². The first-order chi connectivity index (χ1) is 6.02. The lowest BCUT2D eigenvalue weighted by Crippen LogP contribution is -2.35. The molecule has 1 aliphatic carbocycles. The minimum absolute atomic E-state index is 0.00713. The van der Waals surface area contributed by atoms with Crippen LogP contribution in [0.1, 0.15) is 27.2 Å². The highest BCUT2D eigenvalue weighted by Crippen LogP contribution is 2.39. The SMILES string of the molecule is CC1=C2OCO[C@@H]2CC(C)(C)C1=O. The van der Waals surface area contributed by atoms with Gasteiger partial charge in [0.15, 0.2) is 12.6 Å². The van der Waals surface area contributed by atoms with E-state index in [0.717, 1.165) is 17.8 Å². The Morgan fingerprint density at radius 2 is 2.15 bits per heavy atom. The van der Waals surface area contributed by atoms with E-state index in [1.165, 1.54) is 0 Å². The zero-order valence-electron chi connectivity index (χ0n) is 8.22. The zero-order valence-corrected chi connectivity index (χ0v) is 8.22. The molecule has 2 rings (SSSR count). The van der Waals surface area contributed by atoms with Crippen LogP contribution in [-0.4, -0.2) is 18.7 Å². The lowest BCUT2D eigenvalue weighted by molar-refractivity contribution is -0.125. The Labute approximate surface area is 77.7 Å². The molecule has 1 fully saturated rings. The molecule has 1 saturated heterocycles. The van der Waals surface area contributed by atoms with Crippen molar-refractivity contribution < 1.29 is 14.3 Å². The van der Waals surface area contributed by atoms with Crippen LogP contribution in [0.2, 0.25) is 0 Å². The van der Waals surface area contributed by atoms with Crippen molar-refractivity contribution >= 4 is 5.78 Å². The topological polar surface area (TPSA) is 35.5 Å². The molecule has 1 aliphatic heterocycles. The van der Waals surface area contributed by atoms with Crippen molar-refractivity contribution in [3.8, 4) is 0 Å². The number of carbonyl (C=O) groups excluding carboxylic acids is 1. The Hall–Kier alpha value is -0.830. The summed E-state index contributed by atoms with van der Waals surface area (Å²) in [4.78, 5) is 11.8. The number of ketones is 1. The van der Waals surface area contributed by atoms with Gasteiger partial charge in [0.1, 0.15) is 11.9 Å². The van der Waals surface area contributed by atoms with E-state index in [4.69, 9.17) is 9.47 Å². The minimum atomic E-state index is -0.300. The predicted molar refractivity (Wildman–Crippen MR) is 46.9 cm³/mol. The second-order valence-corrected chi connectivity index (χ2v) is 4.32. The van der Waals surface area contributed by atoms with Gasteiger partial charge in [-0.25, -0.2) is 0 Å². The average Bonchev–Trinajstić information content (AvgIpc) is 2.47. The third-order valence-electron chi connectivity index (χ3n) is 2.80. The summed E-state index contributed by atoms with van der Waals surface area (Å²) in [6.45, 7) is 6.02. The Morgan fingerprint density at radius 3 is 2.85 bits per heavy atom. The van der Waals surface area contributed by atoms with E-state index in [1.54, 1.807) is 0 Å². The van der Waals surface area contributed by atoms with Crippen LogP contribution in [0.5, 0.6) is 0 Å². The van der Waals surface area contributed by atoms with Crippen molar-refractivity contribution in [3.63, 3.8) is 0 Å². The first-order valence-electron chi connectivity index (χ1n) is 4.52. The molecular weight excluding hydrogens is 168 g/mol. The van der Waals surface area contributed by atoms with Crippen LogP contribution in [0.3, 0.4) is 0 Å². The molecule has 0 saturated carbocycles. The van der Waals surface area contributed by atoms with Crippen LogP contribution in [0, 0.1) is 5.41 Å². The molecule has 1 heterocycles. The third kappa shape index (κ3) is 1.18. The van der Waals surface area contributed by atoms with Gasteiger partial charge in [0, 0.05) is 11.0 Å². The van der Waals surface area contributed by atoms with Gasteiger partial charge in [-0.3, -0.25) is 4.79 Å². The quantitative estimate of drug-likeness (QED) is 0.571. The lowest BCUT2D eigenvalue weighted by atomic mass is 9.74. The molecule has 0 amide bonds. The molecule has 3 heteroatoms. The molecule has 2 aliphatic rings. The van der Waals surface area contributed by atoms with Crippen LogP contribution in [0.15, 0.2) is 11.3 Å². The Kier molecular flexibility index (Phi) is 1.74. The molecule has 3 nitrogen and oxygen atoms in total. The van der Waals surface area contributed by atoms with E-state index >= 15 is 0 Å². The van der Waals surface area contributed by atoms with Crippen LogP contribution >= 0.6 is 0 Å². The highest BCUT2D eigenvalue weighted by molar-refractivity contribution is 6.00. The van der Waals surface area contributed by atoms with Gasteiger partial charge in [0.2, 0.25) is 0 Å². The summed E-state index contributed by atoms with van der Waals surface area (Å²) in [5, 5.41) is 0. The van der Waals surface area contributed by atoms with Crippen molar-refractivity contribution in [2.24, 2.45) is 5.41 Å². The van der Waals surface area contributed by atoms with Crippen LogP contribution in [0.25, 0.3) is 0 Å². The van der Waals surface area contributed by atoms with E-state index in [-0.39, 0.29) is 17.3 Å². The molecule has 0 aromatic carbocycles. The standard InChI is InChI=1S/C10H14O3/c1-6-8-7(12-5-13-8)4-10(2,3)9(6)11/h7H,4-5H2,1-3H3/t7-/m1/s1. The number of ether oxygens (including phenoxy) is 2. The fourth-order valence-corrected chi connectivity index (χ4v) is 2.03. The number of Topliss-reactive ketones (excluding diaryl/α,β-unsaturated/α-hetero) is 1. The fraction of sp³-hybridized carbons (Fsp3) is 0.700. The number of carbonyl (C=O) groups is 1. The van der Waals surface area contributed by atoms with Gasteiger partial charge in [-0.2, -0.15) is 0 Å². The Balaban J connectivity index is 2.42. The molecule has 0 aromatic heterocycles. The van der Waals surface area contributed by atoms with Gasteiger partial charge >= 0.3 is 0 Å². The largest absolute Gasteiger partial charge is 0.469 e. The van der Waals surface area contributed by atoms with Gasteiger partial charge in [0.25, 0.3) is 0 Å². The first kappa shape index (κ1) is 8.75. The summed E-state index contributed by atoms with van der Waals surface area (Å²) < 4.78 is 10.6. The minimum Gasteiger partial charge on any atom is -0.469 e. The Bertz CT molecular complexity index is 289. The van der Waals surface area contributed by atoms with Crippen molar-refractivity contribution in [1.82, 2.24) is 0 Å². The van der Waals surface area contributed by atoms with E-state index < -0.39 is 0 Å². The summed E-state index contributed by atoms with van der Waals surface area (Å²) >= 11 is 0. The maximum atomic E-state index is 11.8. The maximum Gasteiger partial charge on any atom is 0.189 e. The normalized spacial score (nSPS) is 31.6. The molecule has 0 radical (unpaired) electrons. The highest BCUT2D eigenvalue weighted by atomic mass is 16.7. The molecular formula is C10H14O3. The molecule has 1 atom stereocenters. The van der Waals surface area contributed by atoms with Crippen LogP contribution in [0.4, 0.5) is 0 Å². The average molecular weight is 182 g/mol. The smallest absolute Gasteiger partial charge is 0.189 e. The second-order valence-electron chi connectivity index (χ2n) is 4.32. The first-order valence-corrected chi connectivity index (χ1v) is 4.52. The number of hydrogen-bond acceptors (Lipinski definition) is 3. The molecule has 0 bridgehead atoms. The molecule has 72 valence electrons. The predicted octanol–water partition coefficient (Wildman–Crippen LogP) is 1.63. The van der Waals surface area contributed by atoms with E-state index in [2.05, 4.69) is 0 Å². The number of rotatable bonds is 0. The van der Waals surface area contributed by atoms with E-state index in [9.17, 15) is 4.79 Å².